The van der Waals surface area contributed by atoms with Crippen molar-refractivity contribution in [3.63, 3.8) is 0 Å². The van der Waals surface area contributed by atoms with Gasteiger partial charge in [-0.1, -0.05) is 29.8 Å². The van der Waals surface area contributed by atoms with Gasteiger partial charge in [-0.3, -0.25) is 4.90 Å². The second-order valence-electron chi connectivity index (χ2n) is 7.66. The van der Waals surface area contributed by atoms with Crippen LogP contribution in [-0.2, 0) is 14.8 Å². The molecule has 1 saturated heterocycles. The number of carbonyl (C=O) groups excluding carboxylic acids is 1. The van der Waals surface area contributed by atoms with Crippen molar-refractivity contribution in [1.82, 2.24) is 14.5 Å². The quantitative estimate of drug-likeness (QED) is 0.796. The summed E-state index contributed by atoms with van der Waals surface area (Å²) in [6.45, 7) is 7.95. The molecule has 0 saturated carbocycles. The first-order chi connectivity index (χ1) is 12.5. The molecule has 7 nitrogen and oxygen atoms in total. The smallest absolute Gasteiger partial charge is 0.410 e. The molecule has 0 bridgehead atoms. The first-order valence-electron chi connectivity index (χ1n) is 8.87. The van der Waals surface area contributed by atoms with Crippen LogP contribution in [0.1, 0.15) is 32.4 Å². The Kier molecular flexibility index (Phi) is 7.13. The molecule has 27 heavy (non-hydrogen) atoms. The zero-order valence-corrected chi connectivity index (χ0v) is 17.8. The van der Waals surface area contributed by atoms with E-state index in [4.69, 9.17) is 16.3 Å². The standard InChI is InChI=1S/C18H28ClN3O4S/c1-18(2,3)26-17(23)22-11-9-21(10-12-22)16(13-20-27(4,24)25)14-7-5-6-8-15(14)19/h5-8,16,20H,9-13H2,1-4H3. The van der Waals surface area contributed by atoms with Gasteiger partial charge in [0.15, 0.2) is 0 Å². The summed E-state index contributed by atoms with van der Waals surface area (Å²) in [5, 5.41) is 0.590. The van der Waals surface area contributed by atoms with E-state index >= 15 is 0 Å². The van der Waals surface area contributed by atoms with Gasteiger partial charge >= 0.3 is 6.09 Å². The lowest BCUT2D eigenvalue weighted by Crippen LogP contribution is -2.52. The highest BCUT2D eigenvalue weighted by Gasteiger charge is 2.30. The molecule has 1 atom stereocenters. The lowest BCUT2D eigenvalue weighted by Gasteiger charge is -2.40. The predicted molar refractivity (Wildman–Crippen MR) is 106 cm³/mol. The van der Waals surface area contributed by atoms with Gasteiger partial charge in [-0.15, -0.1) is 0 Å². The molecule has 2 rings (SSSR count). The number of hydrogen-bond donors (Lipinski definition) is 1. The Bertz CT molecular complexity index is 756. The van der Waals surface area contributed by atoms with E-state index in [0.29, 0.717) is 31.2 Å². The number of piperazine rings is 1. The average molecular weight is 418 g/mol. The highest BCUT2D eigenvalue weighted by molar-refractivity contribution is 7.88. The number of benzene rings is 1. The zero-order chi connectivity index (χ0) is 20.2. The van der Waals surface area contributed by atoms with Crippen molar-refractivity contribution in [1.29, 1.82) is 0 Å². The minimum atomic E-state index is -3.33. The second kappa shape index (κ2) is 8.77. The summed E-state index contributed by atoms with van der Waals surface area (Å²) in [6, 6.07) is 7.20. The Morgan fingerprint density at radius 3 is 2.33 bits per heavy atom. The van der Waals surface area contributed by atoms with Gasteiger partial charge in [0, 0.05) is 43.8 Å². The Morgan fingerprint density at radius 1 is 1.22 bits per heavy atom. The van der Waals surface area contributed by atoms with Gasteiger partial charge in [0.05, 0.1) is 6.26 Å². The summed E-state index contributed by atoms with van der Waals surface area (Å²) in [4.78, 5) is 16.1. The van der Waals surface area contributed by atoms with Crippen molar-refractivity contribution in [3.05, 3.63) is 34.9 Å². The molecule has 1 aliphatic rings. The maximum absolute atomic E-state index is 12.2. The minimum Gasteiger partial charge on any atom is -0.444 e. The number of nitrogens with one attached hydrogen (secondary N) is 1. The second-order valence-corrected chi connectivity index (χ2v) is 9.90. The molecule has 1 aromatic rings. The maximum Gasteiger partial charge on any atom is 0.410 e. The van der Waals surface area contributed by atoms with Crippen LogP contribution in [0.5, 0.6) is 0 Å². The molecule has 0 aromatic heterocycles. The lowest BCUT2D eigenvalue weighted by atomic mass is 10.0. The minimum absolute atomic E-state index is 0.214. The molecule has 1 fully saturated rings. The van der Waals surface area contributed by atoms with E-state index in [-0.39, 0.29) is 18.7 Å². The van der Waals surface area contributed by atoms with Crippen molar-refractivity contribution < 1.29 is 17.9 Å². The zero-order valence-electron chi connectivity index (χ0n) is 16.2. The van der Waals surface area contributed by atoms with Crippen LogP contribution >= 0.6 is 11.6 Å². The molecule has 1 unspecified atom stereocenters. The Hall–Kier alpha value is -1.35. The van der Waals surface area contributed by atoms with E-state index in [0.717, 1.165) is 11.8 Å². The predicted octanol–water partition coefficient (Wildman–Crippen LogP) is 2.48. The van der Waals surface area contributed by atoms with Gasteiger partial charge in [0.25, 0.3) is 0 Å². The van der Waals surface area contributed by atoms with Crippen LogP contribution in [0, 0.1) is 0 Å². The molecule has 0 spiro atoms. The molecular formula is C18H28ClN3O4S. The van der Waals surface area contributed by atoms with Crippen LogP contribution in [0.25, 0.3) is 0 Å². The largest absolute Gasteiger partial charge is 0.444 e. The van der Waals surface area contributed by atoms with Gasteiger partial charge in [-0.05, 0) is 32.4 Å². The normalized spacial score (nSPS) is 17.6. The third-order valence-electron chi connectivity index (χ3n) is 4.21. The summed E-state index contributed by atoms with van der Waals surface area (Å²) in [7, 11) is -3.33. The Balaban J connectivity index is 2.09. The molecule has 0 radical (unpaired) electrons. The molecule has 9 heteroatoms. The fourth-order valence-corrected chi connectivity index (χ4v) is 3.68. The summed E-state index contributed by atoms with van der Waals surface area (Å²) in [5.74, 6) is 0. The number of nitrogens with zero attached hydrogens (tertiary/aromatic N) is 2. The molecule has 152 valence electrons. The first kappa shape index (κ1) is 21.9. The third-order valence-corrected chi connectivity index (χ3v) is 5.25. The average Bonchev–Trinajstić information content (AvgIpc) is 2.54. The number of amides is 1. The van der Waals surface area contributed by atoms with Crippen molar-refractivity contribution in [3.8, 4) is 0 Å². The van der Waals surface area contributed by atoms with Gasteiger partial charge in [0.2, 0.25) is 10.0 Å². The van der Waals surface area contributed by atoms with Gasteiger partial charge in [0.1, 0.15) is 5.60 Å². The van der Waals surface area contributed by atoms with E-state index < -0.39 is 15.6 Å². The highest BCUT2D eigenvalue weighted by Crippen LogP contribution is 2.28. The van der Waals surface area contributed by atoms with E-state index in [1.807, 2.05) is 39.0 Å². The fourth-order valence-electron chi connectivity index (χ4n) is 2.95. The number of carbonyl (C=O) groups is 1. The Labute approximate surface area is 166 Å². The number of ether oxygens (including phenoxy) is 1. The summed E-state index contributed by atoms with van der Waals surface area (Å²) in [5.41, 5.74) is 0.328. The summed E-state index contributed by atoms with van der Waals surface area (Å²) >= 11 is 6.35. The van der Waals surface area contributed by atoms with Crippen LogP contribution in [-0.4, -0.2) is 68.9 Å². The molecular weight excluding hydrogens is 390 g/mol. The van der Waals surface area contributed by atoms with E-state index in [9.17, 15) is 13.2 Å². The maximum atomic E-state index is 12.2. The topological polar surface area (TPSA) is 79.0 Å². The van der Waals surface area contributed by atoms with Gasteiger partial charge in [-0.25, -0.2) is 17.9 Å². The van der Waals surface area contributed by atoms with Crippen molar-refractivity contribution >= 4 is 27.7 Å². The Morgan fingerprint density at radius 2 is 1.81 bits per heavy atom. The molecule has 0 aliphatic carbocycles. The molecule has 1 amide bonds. The van der Waals surface area contributed by atoms with Crippen molar-refractivity contribution in [2.75, 3.05) is 39.0 Å². The van der Waals surface area contributed by atoms with Crippen LogP contribution in [0.3, 0.4) is 0 Å². The van der Waals surface area contributed by atoms with Crippen LogP contribution in [0.15, 0.2) is 24.3 Å². The third kappa shape index (κ3) is 6.95. The number of sulfonamides is 1. The van der Waals surface area contributed by atoms with Crippen molar-refractivity contribution in [2.45, 2.75) is 32.4 Å². The monoisotopic (exact) mass is 417 g/mol. The van der Waals surface area contributed by atoms with Gasteiger partial charge < -0.3 is 9.64 Å². The molecule has 1 aliphatic heterocycles. The fraction of sp³-hybridized carbons (Fsp3) is 0.611. The number of halogens is 1. The molecule has 1 aromatic carbocycles. The van der Waals surface area contributed by atoms with Crippen LogP contribution < -0.4 is 4.72 Å². The van der Waals surface area contributed by atoms with Crippen molar-refractivity contribution in [2.24, 2.45) is 0 Å². The summed E-state index contributed by atoms with van der Waals surface area (Å²) in [6.07, 6.45) is 0.808. The lowest BCUT2D eigenvalue weighted by molar-refractivity contribution is 0.0105. The first-order valence-corrected chi connectivity index (χ1v) is 11.1. The molecule has 1 heterocycles. The van der Waals surface area contributed by atoms with Crippen LogP contribution in [0.4, 0.5) is 4.79 Å². The van der Waals surface area contributed by atoms with E-state index in [1.165, 1.54) is 0 Å². The molecule has 1 N–H and O–H groups in total. The van der Waals surface area contributed by atoms with Gasteiger partial charge in [-0.2, -0.15) is 0 Å². The van der Waals surface area contributed by atoms with Crippen LogP contribution in [0.2, 0.25) is 5.02 Å². The van der Waals surface area contributed by atoms with E-state index in [1.54, 1.807) is 11.0 Å². The summed E-state index contributed by atoms with van der Waals surface area (Å²) < 4.78 is 31.2. The number of rotatable bonds is 5. The van der Waals surface area contributed by atoms with E-state index in [2.05, 4.69) is 9.62 Å². The number of hydrogen-bond acceptors (Lipinski definition) is 5. The highest BCUT2D eigenvalue weighted by atomic mass is 35.5. The SMILES string of the molecule is CC(C)(C)OC(=O)N1CCN(C(CNS(C)(=O)=O)c2ccccc2Cl)CC1.